The van der Waals surface area contributed by atoms with Crippen molar-refractivity contribution in [3.05, 3.63) is 51.8 Å². The quantitative estimate of drug-likeness (QED) is 0.784. The molecular formula is C20H25BrN4O. The summed E-state index contributed by atoms with van der Waals surface area (Å²) in [6.45, 7) is 5.37. The lowest BCUT2D eigenvalue weighted by Gasteiger charge is -2.35. The fourth-order valence-corrected chi connectivity index (χ4v) is 4.32. The highest BCUT2D eigenvalue weighted by Gasteiger charge is 2.45. The lowest BCUT2D eigenvalue weighted by Crippen LogP contribution is -2.46. The molecule has 1 saturated carbocycles. The van der Waals surface area contributed by atoms with E-state index in [1.54, 1.807) is 6.20 Å². The summed E-state index contributed by atoms with van der Waals surface area (Å²) >= 11 is 3.34. The van der Waals surface area contributed by atoms with Gasteiger partial charge in [-0.2, -0.15) is 5.10 Å². The van der Waals surface area contributed by atoms with Gasteiger partial charge < -0.3 is 10.2 Å². The number of hydrogen-bond acceptors (Lipinski definition) is 3. The molecule has 2 heterocycles. The Balaban J connectivity index is 1.29. The third-order valence-electron chi connectivity index (χ3n) is 5.79. The zero-order chi connectivity index (χ0) is 18.1. The maximum atomic E-state index is 12.3. The van der Waals surface area contributed by atoms with Gasteiger partial charge in [0.15, 0.2) is 0 Å². The van der Waals surface area contributed by atoms with Gasteiger partial charge in [0.2, 0.25) is 0 Å². The van der Waals surface area contributed by atoms with Crippen molar-refractivity contribution in [2.45, 2.75) is 44.1 Å². The van der Waals surface area contributed by atoms with Crippen molar-refractivity contribution in [1.82, 2.24) is 20.4 Å². The van der Waals surface area contributed by atoms with Gasteiger partial charge in [-0.1, -0.05) is 29.8 Å². The van der Waals surface area contributed by atoms with E-state index in [2.05, 4.69) is 67.5 Å². The summed E-state index contributed by atoms with van der Waals surface area (Å²) < 4.78 is 0.709. The Hall–Kier alpha value is -1.66. The molecule has 1 saturated heterocycles. The van der Waals surface area contributed by atoms with E-state index >= 15 is 0 Å². The molecule has 1 aliphatic carbocycles. The number of aromatic nitrogens is 2. The summed E-state index contributed by atoms with van der Waals surface area (Å²) in [5, 5.41) is 9.77. The Morgan fingerprint density at radius 2 is 2.00 bits per heavy atom. The molecule has 0 spiro atoms. The van der Waals surface area contributed by atoms with Gasteiger partial charge in [0.05, 0.1) is 10.7 Å². The molecule has 138 valence electrons. The van der Waals surface area contributed by atoms with Gasteiger partial charge >= 0.3 is 0 Å². The predicted octanol–water partition coefficient (Wildman–Crippen LogP) is 3.41. The molecule has 0 atom stereocenters. The maximum Gasteiger partial charge on any atom is 0.270 e. The molecule has 2 N–H and O–H groups in total. The lowest BCUT2D eigenvalue weighted by atomic mass is 9.93. The first-order valence-electron chi connectivity index (χ1n) is 9.35. The topological polar surface area (TPSA) is 61.0 Å². The van der Waals surface area contributed by atoms with Gasteiger partial charge in [-0.15, -0.1) is 0 Å². The Kier molecular flexibility index (Phi) is 4.88. The van der Waals surface area contributed by atoms with Crippen molar-refractivity contribution in [2.75, 3.05) is 19.6 Å². The van der Waals surface area contributed by atoms with E-state index < -0.39 is 0 Å². The van der Waals surface area contributed by atoms with Crippen molar-refractivity contribution in [1.29, 1.82) is 0 Å². The van der Waals surface area contributed by atoms with Crippen LogP contribution >= 0.6 is 15.9 Å². The number of carbonyl (C=O) groups is 1. The standard InChI is InChI=1S/C20H25BrN4O/c1-14-2-4-15(5-3-14)20(8-9-20)13-25-10-6-16(7-11-25)23-19(26)18-17(21)12-22-24-18/h2-5,12,16H,6-11,13H2,1H3,(H,22,24)(H,23,26). The molecule has 1 aromatic carbocycles. The first-order chi connectivity index (χ1) is 12.6. The van der Waals surface area contributed by atoms with Crippen LogP contribution in [0.1, 0.15) is 47.3 Å². The number of H-pyrrole nitrogens is 1. The third kappa shape index (κ3) is 3.71. The van der Waals surface area contributed by atoms with Gasteiger partial charge in [0.1, 0.15) is 5.69 Å². The first-order valence-corrected chi connectivity index (χ1v) is 10.1. The zero-order valence-corrected chi connectivity index (χ0v) is 16.7. The number of halogens is 1. The summed E-state index contributed by atoms with van der Waals surface area (Å²) in [5.74, 6) is -0.0776. The number of carbonyl (C=O) groups excluding carboxylic acids is 1. The summed E-state index contributed by atoms with van der Waals surface area (Å²) in [5.41, 5.74) is 3.68. The Morgan fingerprint density at radius 1 is 1.31 bits per heavy atom. The van der Waals surface area contributed by atoms with Crippen LogP contribution in [0, 0.1) is 6.92 Å². The van der Waals surface area contributed by atoms with Gasteiger partial charge in [0, 0.05) is 31.1 Å². The van der Waals surface area contributed by atoms with E-state index in [0.717, 1.165) is 32.5 Å². The fourth-order valence-electron chi connectivity index (χ4n) is 3.95. The van der Waals surface area contributed by atoms with Gasteiger partial charge in [-0.05, 0) is 54.1 Å². The molecule has 5 nitrogen and oxygen atoms in total. The van der Waals surface area contributed by atoms with Crippen LogP contribution in [0.25, 0.3) is 0 Å². The number of hydrogen-bond donors (Lipinski definition) is 2. The van der Waals surface area contributed by atoms with Crippen LogP contribution in [0.15, 0.2) is 34.9 Å². The average molecular weight is 417 g/mol. The van der Waals surface area contributed by atoms with E-state index in [4.69, 9.17) is 0 Å². The number of rotatable bonds is 5. The van der Waals surface area contributed by atoms with E-state index in [9.17, 15) is 4.79 Å². The van der Waals surface area contributed by atoms with Crippen LogP contribution < -0.4 is 5.32 Å². The number of nitrogens with zero attached hydrogens (tertiary/aromatic N) is 2. The van der Waals surface area contributed by atoms with Gasteiger partial charge in [0.25, 0.3) is 5.91 Å². The fraction of sp³-hybridized carbons (Fsp3) is 0.500. The number of amides is 1. The highest BCUT2D eigenvalue weighted by Crippen LogP contribution is 2.49. The normalized spacial score (nSPS) is 20.1. The molecule has 1 aromatic heterocycles. The maximum absolute atomic E-state index is 12.3. The van der Waals surface area contributed by atoms with Crippen molar-refractivity contribution < 1.29 is 4.79 Å². The van der Waals surface area contributed by atoms with Crippen molar-refractivity contribution >= 4 is 21.8 Å². The van der Waals surface area contributed by atoms with Gasteiger partial charge in [-0.25, -0.2) is 0 Å². The summed E-state index contributed by atoms with van der Waals surface area (Å²) in [7, 11) is 0. The van der Waals surface area contributed by atoms with Crippen LogP contribution in [-0.4, -0.2) is 46.7 Å². The van der Waals surface area contributed by atoms with E-state index in [1.807, 2.05) is 0 Å². The number of likely N-dealkylation sites (tertiary alicyclic amines) is 1. The highest BCUT2D eigenvalue weighted by molar-refractivity contribution is 9.10. The largest absolute Gasteiger partial charge is 0.348 e. The minimum absolute atomic E-state index is 0.0776. The third-order valence-corrected chi connectivity index (χ3v) is 6.39. The zero-order valence-electron chi connectivity index (χ0n) is 15.1. The number of piperidine rings is 1. The number of nitrogens with one attached hydrogen (secondary N) is 2. The SMILES string of the molecule is Cc1ccc(C2(CN3CCC(NC(=O)c4[nH]ncc4Br)CC3)CC2)cc1. The first kappa shape index (κ1) is 17.7. The molecule has 4 rings (SSSR count). The van der Waals surface area contributed by atoms with Gasteiger partial charge in [-0.3, -0.25) is 9.89 Å². The Morgan fingerprint density at radius 3 is 2.58 bits per heavy atom. The molecule has 1 amide bonds. The van der Waals surface area contributed by atoms with Crippen molar-refractivity contribution in [3.63, 3.8) is 0 Å². The molecule has 1 aliphatic heterocycles. The molecule has 6 heteroatoms. The Labute approximate surface area is 162 Å². The van der Waals surface area contributed by atoms with Crippen molar-refractivity contribution in [2.24, 2.45) is 0 Å². The predicted molar refractivity (Wildman–Crippen MR) is 105 cm³/mol. The number of aromatic amines is 1. The molecule has 2 fully saturated rings. The van der Waals surface area contributed by atoms with Crippen molar-refractivity contribution in [3.8, 4) is 0 Å². The molecule has 2 aromatic rings. The Bertz CT molecular complexity index is 773. The van der Waals surface area contributed by atoms with Crippen LogP contribution in [0.3, 0.4) is 0 Å². The van der Waals surface area contributed by atoms with E-state index in [0.29, 0.717) is 15.6 Å². The second-order valence-corrected chi connectivity index (χ2v) is 8.62. The lowest BCUT2D eigenvalue weighted by molar-refractivity contribution is 0.0902. The molecule has 2 aliphatic rings. The number of aryl methyl sites for hydroxylation is 1. The minimum atomic E-state index is -0.0776. The van der Waals surface area contributed by atoms with E-state index in [-0.39, 0.29) is 11.9 Å². The molecule has 0 unspecified atom stereocenters. The monoisotopic (exact) mass is 416 g/mol. The second-order valence-electron chi connectivity index (χ2n) is 7.76. The highest BCUT2D eigenvalue weighted by atomic mass is 79.9. The summed E-state index contributed by atoms with van der Waals surface area (Å²) in [6, 6.07) is 9.30. The molecule has 0 bridgehead atoms. The summed E-state index contributed by atoms with van der Waals surface area (Å²) in [6.07, 6.45) is 6.20. The molecule has 26 heavy (non-hydrogen) atoms. The molecular weight excluding hydrogens is 392 g/mol. The number of benzene rings is 1. The summed E-state index contributed by atoms with van der Waals surface area (Å²) in [4.78, 5) is 14.9. The van der Waals surface area contributed by atoms with E-state index in [1.165, 1.54) is 24.0 Å². The smallest absolute Gasteiger partial charge is 0.270 e. The van der Waals surface area contributed by atoms with Crippen LogP contribution in [0.2, 0.25) is 0 Å². The average Bonchev–Trinajstić information content (AvgIpc) is 3.28. The van der Waals surface area contributed by atoms with Crippen LogP contribution in [-0.2, 0) is 5.41 Å². The molecule has 0 radical (unpaired) electrons. The van der Waals surface area contributed by atoms with Crippen LogP contribution in [0.4, 0.5) is 0 Å². The minimum Gasteiger partial charge on any atom is -0.348 e. The second kappa shape index (κ2) is 7.16. The van der Waals surface area contributed by atoms with Crippen LogP contribution in [0.5, 0.6) is 0 Å².